The highest BCUT2D eigenvalue weighted by atomic mass is 16.7. The number of allylic oxidation sites excluding steroid dienone is 1. The third kappa shape index (κ3) is 4.77. The second kappa shape index (κ2) is 8.84. The van der Waals surface area contributed by atoms with Crippen LogP contribution < -0.4 is 14.8 Å². The van der Waals surface area contributed by atoms with Gasteiger partial charge in [0.15, 0.2) is 17.3 Å². The minimum absolute atomic E-state index is 0.0206. The fourth-order valence-electron chi connectivity index (χ4n) is 3.37. The summed E-state index contributed by atoms with van der Waals surface area (Å²) < 4.78 is 22.5. The van der Waals surface area contributed by atoms with Crippen LogP contribution in [0.1, 0.15) is 43.6 Å². The Kier molecular flexibility index (Phi) is 6.02. The van der Waals surface area contributed by atoms with E-state index in [1.165, 1.54) is 12.8 Å². The summed E-state index contributed by atoms with van der Waals surface area (Å²) >= 11 is 0. The monoisotopic (exact) mass is 389 g/mol. The second-order valence-electron chi connectivity index (χ2n) is 7.49. The highest BCUT2D eigenvalue weighted by Gasteiger charge is 2.30. The molecule has 2 heterocycles. The molecule has 4 rings (SSSR count). The number of unbranched alkanes of at least 4 members (excludes halogenated alkanes) is 1. The first-order chi connectivity index (χ1) is 13.7. The quantitative estimate of drug-likeness (QED) is 0.631. The summed E-state index contributed by atoms with van der Waals surface area (Å²) in [6.07, 6.45) is 5.76. The van der Waals surface area contributed by atoms with Crippen LogP contribution in [0.25, 0.3) is 0 Å². The Morgan fingerprint density at radius 2 is 2.07 bits per heavy atom. The average molecular weight is 389 g/mol. The van der Waals surface area contributed by atoms with Crippen LogP contribution in [0.15, 0.2) is 30.0 Å². The number of rotatable bonds is 9. The summed E-state index contributed by atoms with van der Waals surface area (Å²) in [6.45, 7) is 1.55. The van der Waals surface area contributed by atoms with E-state index in [9.17, 15) is 4.79 Å². The van der Waals surface area contributed by atoms with Crippen molar-refractivity contribution < 1.29 is 28.8 Å². The summed E-state index contributed by atoms with van der Waals surface area (Å²) in [5.74, 6) is 2.15. The predicted molar refractivity (Wildman–Crippen MR) is 101 cm³/mol. The van der Waals surface area contributed by atoms with Crippen LogP contribution in [-0.2, 0) is 14.3 Å². The number of fused-ring (bicyclic) bond motifs is 1. The zero-order valence-electron chi connectivity index (χ0n) is 15.9. The van der Waals surface area contributed by atoms with E-state index in [2.05, 4.69) is 5.32 Å². The minimum Gasteiger partial charge on any atom is -0.459 e. The molecular formula is C21H27NO6. The van der Waals surface area contributed by atoms with E-state index in [1.807, 2.05) is 24.3 Å². The zero-order chi connectivity index (χ0) is 19.3. The summed E-state index contributed by atoms with van der Waals surface area (Å²) in [4.78, 5) is 12.6. The minimum atomic E-state index is -0.499. The van der Waals surface area contributed by atoms with E-state index in [0.717, 1.165) is 23.5 Å². The molecule has 1 saturated carbocycles. The molecule has 7 heteroatoms. The summed E-state index contributed by atoms with van der Waals surface area (Å²) in [5, 5.41) is 11.9. The van der Waals surface area contributed by atoms with Gasteiger partial charge in [-0.2, -0.15) is 0 Å². The molecule has 7 nitrogen and oxygen atoms in total. The molecule has 1 fully saturated rings. The van der Waals surface area contributed by atoms with Crippen LogP contribution in [0.2, 0.25) is 0 Å². The van der Waals surface area contributed by atoms with Gasteiger partial charge in [0, 0.05) is 25.5 Å². The molecule has 152 valence electrons. The van der Waals surface area contributed by atoms with Crippen LogP contribution in [0, 0.1) is 5.92 Å². The van der Waals surface area contributed by atoms with Gasteiger partial charge in [0.1, 0.15) is 0 Å². The molecule has 0 unspecified atom stereocenters. The predicted octanol–water partition coefficient (Wildman–Crippen LogP) is 2.44. The first kappa shape index (κ1) is 19.1. The van der Waals surface area contributed by atoms with Gasteiger partial charge in [0.05, 0.1) is 6.61 Å². The Balaban J connectivity index is 1.47. The molecule has 1 aliphatic carbocycles. The Bertz CT molecular complexity index is 730. The van der Waals surface area contributed by atoms with Crippen molar-refractivity contribution >= 4 is 5.91 Å². The van der Waals surface area contributed by atoms with Crippen LogP contribution in [-0.4, -0.2) is 43.9 Å². The molecule has 0 radical (unpaired) electrons. The van der Waals surface area contributed by atoms with Gasteiger partial charge in [-0.15, -0.1) is 0 Å². The molecule has 2 N–H and O–H groups in total. The Labute approximate surface area is 164 Å². The number of ether oxygens (including phenoxy) is 4. The van der Waals surface area contributed by atoms with Crippen molar-refractivity contribution in [3.8, 4) is 11.5 Å². The molecule has 0 aromatic heterocycles. The molecule has 2 atom stereocenters. The van der Waals surface area contributed by atoms with Crippen molar-refractivity contribution in [3.05, 3.63) is 35.6 Å². The SMILES string of the molecule is O=C(NCC1CC1)C1=C[C@H](c2ccc3c(c2)OCO3)C[C@H](OCCCCO)O1. The Morgan fingerprint density at radius 1 is 1.21 bits per heavy atom. The molecule has 3 aliphatic rings. The average Bonchev–Trinajstić information content (AvgIpc) is 3.43. The van der Waals surface area contributed by atoms with Gasteiger partial charge >= 0.3 is 0 Å². The number of amides is 1. The van der Waals surface area contributed by atoms with Crippen LogP contribution in [0.3, 0.4) is 0 Å². The summed E-state index contributed by atoms with van der Waals surface area (Å²) in [6, 6.07) is 5.84. The Morgan fingerprint density at radius 3 is 2.89 bits per heavy atom. The number of hydrogen-bond acceptors (Lipinski definition) is 6. The number of carbonyl (C=O) groups is 1. The van der Waals surface area contributed by atoms with E-state index in [4.69, 9.17) is 24.1 Å². The maximum atomic E-state index is 12.6. The smallest absolute Gasteiger partial charge is 0.286 e. The molecule has 1 aromatic carbocycles. The number of benzene rings is 1. The molecule has 0 spiro atoms. The number of aliphatic hydroxyl groups excluding tert-OH is 1. The van der Waals surface area contributed by atoms with E-state index in [0.29, 0.717) is 37.7 Å². The normalized spacial score (nSPS) is 23.1. The topological polar surface area (TPSA) is 86.3 Å². The van der Waals surface area contributed by atoms with Crippen molar-refractivity contribution in [1.82, 2.24) is 5.32 Å². The van der Waals surface area contributed by atoms with Crippen molar-refractivity contribution in [3.63, 3.8) is 0 Å². The summed E-state index contributed by atoms with van der Waals surface area (Å²) in [5.41, 5.74) is 1.03. The van der Waals surface area contributed by atoms with E-state index in [-0.39, 0.29) is 25.2 Å². The standard InChI is InChI=1S/C21H27NO6/c23-7-1-2-8-25-20-11-16(15-5-6-17-18(9-15)27-13-26-17)10-19(28-20)21(24)22-12-14-3-4-14/h5-6,9-10,14,16,20,23H,1-4,7-8,11-13H2,(H,22,24)/t16-,20+/m0/s1. The van der Waals surface area contributed by atoms with Gasteiger partial charge in [-0.25, -0.2) is 0 Å². The van der Waals surface area contributed by atoms with Crippen LogP contribution >= 0.6 is 0 Å². The van der Waals surface area contributed by atoms with Crippen molar-refractivity contribution in [2.24, 2.45) is 5.92 Å². The largest absolute Gasteiger partial charge is 0.459 e. The van der Waals surface area contributed by atoms with Gasteiger partial charge in [-0.3, -0.25) is 4.79 Å². The number of aliphatic hydroxyl groups is 1. The number of nitrogens with one attached hydrogen (secondary N) is 1. The van der Waals surface area contributed by atoms with Crippen molar-refractivity contribution in [1.29, 1.82) is 0 Å². The van der Waals surface area contributed by atoms with E-state index >= 15 is 0 Å². The lowest BCUT2D eigenvalue weighted by atomic mass is 9.92. The van der Waals surface area contributed by atoms with Gasteiger partial charge in [-0.05, 0) is 55.4 Å². The molecule has 0 bridgehead atoms. The fourth-order valence-corrected chi connectivity index (χ4v) is 3.37. The van der Waals surface area contributed by atoms with Gasteiger partial charge in [0.25, 0.3) is 5.91 Å². The molecular weight excluding hydrogens is 362 g/mol. The third-order valence-electron chi connectivity index (χ3n) is 5.21. The zero-order valence-corrected chi connectivity index (χ0v) is 15.9. The lowest BCUT2D eigenvalue weighted by molar-refractivity contribution is -0.146. The highest BCUT2D eigenvalue weighted by Crippen LogP contribution is 2.38. The molecule has 2 aliphatic heterocycles. The fraction of sp³-hybridized carbons (Fsp3) is 0.571. The highest BCUT2D eigenvalue weighted by molar-refractivity contribution is 5.91. The molecule has 1 amide bonds. The van der Waals surface area contributed by atoms with E-state index in [1.54, 1.807) is 0 Å². The Hall–Kier alpha value is -2.25. The van der Waals surface area contributed by atoms with Crippen molar-refractivity contribution in [2.45, 2.75) is 44.3 Å². The third-order valence-corrected chi connectivity index (χ3v) is 5.21. The molecule has 28 heavy (non-hydrogen) atoms. The van der Waals surface area contributed by atoms with Crippen molar-refractivity contribution in [2.75, 3.05) is 26.6 Å². The van der Waals surface area contributed by atoms with Crippen LogP contribution in [0.4, 0.5) is 0 Å². The maximum Gasteiger partial charge on any atom is 0.286 e. The van der Waals surface area contributed by atoms with E-state index < -0.39 is 6.29 Å². The van der Waals surface area contributed by atoms with Crippen LogP contribution in [0.5, 0.6) is 11.5 Å². The maximum absolute atomic E-state index is 12.6. The van der Waals surface area contributed by atoms with Gasteiger partial charge in [-0.1, -0.05) is 6.07 Å². The molecule has 1 aromatic rings. The first-order valence-corrected chi connectivity index (χ1v) is 10.0. The number of hydrogen-bond donors (Lipinski definition) is 2. The number of carbonyl (C=O) groups excluding carboxylic acids is 1. The second-order valence-corrected chi connectivity index (χ2v) is 7.49. The lowest BCUT2D eigenvalue weighted by Crippen LogP contribution is -2.34. The summed E-state index contributed by atoms with van der Waals surface area (Å²) in [7, 11) is 0. The molecule has 0 saturated heterocycles. The first-order valence-electron chi connectivity index (χ1n) is 10.0. The van der Waals surface area contributed by atoms with Gasteiger partial charge in [0.2, 0.25) is 13.1 Å². The lowest BCUT2D eigenvalue weighted by Gasteiger charge is -2.29. The van der Waals surface area contributed by atoms with Gasteiger partial charge < -0.3 is 29.4 Å².